The zero-order valence-corrected chi connectivity index (χ0v) is 26.1. The zero-order chi connectivity index (χ0) is 27.8. The average molecular weight is 604 g/mol. The van der Waals surface area contributed by atoms with Crippen LogP contribution in [0.25, 0.3) is 0 Å². The number of alkyl halides is 1. The summed E-state index contributed by atoms with van der Waals surface area (Å²) in [4.78, 5) is 0.346. The van der Waals surface area contributed by atoms with Crippen LogP contribution in [0.2, 0.25) is 0 Å². The highest BCUT2D eigenvalue weighted by atomic mass is 79.9. The largest absolute Gasteiger partial charge is 0.393 e. The Bertz CT molecular complexity index is 877. The van der Waals surface area contributed by atoms with Gasteiger partial charge in [0, 0.05) is 4.83 Å². The molecule has 0 aliphatic carbocycles. The molecule has 1 unspecified atom stereocenters. The SMILES string of the molecule is CC(C)(O)[C@H]1CC[C@](C)([C@@H]2CCC(CO)([C@H]3CC[C@H]4O[C@@H]([C@]5(C)CC[C@@H](Br)C(C)(C)O5)CC[C@]4(C)O3)O2)O1. The van der Waals surface area contributed by atoms with Gasteiger partial charge in [-0.3, -0.25) is 0 Å². The molecule has 5 saturated heterocycles. The number of fused-ring (bicyclic) bond motifs is 1. The van der Waals surface area contributed by atoms with E-state index in [0.29, 0.717) is 4.83 Å². The second-order valence-electron chi connectivity index (χ2n) is 14.7. The fraction of sp³-hybridized carbons (Fsp3) is 1.00. The Morgan fingerprint density at radius 3 is 1.92 bits per heavy atom. The molecule has 0 amide bonds. The van der Waals surface area contributed by atoms with Crippen molar-refractivity contribution < 1.29 is 33.9 Å². The van der Waals surface area contributed by atoms with Gasteiger partial charge in [0.15, 0.2) is 0 Å². The highest BCUT2D eigenvalue weighted by Crippen LogP contribution is 2.52. The lowest BCUT2D eigenvalue weighted by atomic mass is 9.75. The summed E-state index contributed by atoms with van der Waals surface area (Å²) in [7, 11) is 0. The highest BCUT2D eigenvalue weighted by molar-refractivity contribution is 9.09. The van der Waals surface area contributed by atoms with Crippen LogP contribution in [0.15, 0.2) is 0 Å². The van der Waals surface area contributed by atoms with Crippen LogP contribution in [-0.2, 0) is 23.7 Å². The number of aliphatic hydroxyl groups is 2. The van der Waals surface area contributed by atoms with E-state index >= 15 is 0 Å². The van der Waals surface area contributed by atoms with Crippen LogP contribution < -0.4 is 0 Å². The normalized spacial score (nSPS) is 51.6. The fourth-order valence-electron chi connectivity index (χ4n) is 7.96. The molecule has 5 aliphatic rings. The van der Waals surface area contributed by atoms with Gasteiger partial charge in [0.2, 0.25) is 0 Å². The molecule has 0 spiro atoms. The van der Waals surface area contributed by atoms with E-state index in [1.807, 2.05) is 0 Å². The topological polar surface area (TPSA) is 86.6 Å². The molecular formula is C30H51BrO7. The van der Waals surface area contributed by atoms with Crippen molar-refractivity contribution in [3.05, 3.63) is 0 Å². The summed E-state index contributed by atoms with van der Waals surface area (Å²) in [5.41, 5.74) is -3.05. The van der Waals surface area contributed by atoms with Crippen molar-refractivity contribution in [1.29, 1.82) is 0 Å². The van der Waals surface area contributed by atoms with Gasteiger partial charge in [-0.25, -0.2) is 0 Å². The van der Waals surface area contributed by atoms with Gasteiger partial charge in [0.1, 0.15) is 5.60 Å². The fourth-order valence-corrected chi connectivity index (χ4v) is 8.29. The van der Waals surface area contributed by atoms with Gasteiger partial charge in [-0.15, -0.1) is 0 Å². The summed E-state index contributed by atoms with van der Waals surface area (Å²) in [6.07, 6.45) is 8.20. The quantitative estimate of drug-likeness (QED) is 0.418. The molecule has 0 radical (unpaired) electrons. The van der Waals surface area contributed by atoms with Crippen LogP contribution in [0.1, 0.15) is 113 Å². The van der Waals surface area contributed by atoms with Crippen molar-refractivity contribution in [2.24, 2.45) is 0 Å². The van der Waals surface area contributed by atoms with Gasteiger partial charge in [-0.1, -0.05) is 15.9 Å². The summed E-state index contributed by atoms with van der Waals surface area (Å²) in [5, 5.41) is 21.1. The summed E-state index contributed by atoms with van der Waals surface area (Å²) < 4.78 is 33.4. The molecule has 5 rings (SSSR count). The van der Waals surface area contributed by atoms with Gasteiger partial charge in [-0.05, 0) is 113 Å². The predicted octanol–water partition coefficient (Wildman–Crippen LogP) is 5.20. The monoisotopic (exact) mass is 602 g/mol. The van der Waals surface area contributed by atoms with Crippen LogP contribution in [0.4, 0.5) is 0 Å². The van der Waals surface area contributed by atoms with Crippen molar-refractivity contribution in [2.75, 3.05) is 6.61 Å². The van der Waals surface area contributed by atoms with Crippen molar-refractivity contribution in [3.63, 3.8) is 0 Å². The molecule has 8 heteroatoms. The molecule has 38 heavy (non-hydrogen) atoms. The predicted molar refractivity (Wildman–Crippen MR) is 149 cm³/mol. The molecule has 5 heterocycles. The van der Waals surface area contributed by atoms with E-state index in [4.69, 9.17) is 23.7 Å². The van der Waals surface area contributed by atoms with Crippen LogP contribution in [0.3, 0.4) is 0 Å². The standard InChI is InChI=1S/C30H51BrO7/c1-25(2,33)20-11-15-28(6,35-20)23-13-17-30(18-32,37-23)24-9-8-21-27(5,36-24)16-12-22(34-21)29(7)14-10-19(31)26(3,4)38-29/h19-24,32-33H,8-18H2,1-7H3/t19-,20-,21-,22-,23+,24-,27+,28-,29+,30?/m1/s1. The lowest BCUT2D eigenvalue weighted by Crippen LogP contribution is -2.64. The molecule has 2 N–H and O–H groups in total. The van der Waals surface area contributed by atoms with Crippen LogP contribution in [-0.4, -0.2) is 85.8 Å². The van der Waals surface area contributed by atoms with E-state index < -0.39 is 22.4 Å². The third-order valence-electron chi connectivity index (χ3n) is 10.7. The summed E-state index contributed by atoms with van der Waals surface area (Å²) in [5.74, 6) is 0. The molecular weight excluding hydrogens is 552 g/mol. The first-order valence-electron chi connectivity index (χ1n) is 14.9. The second-order valence-corrected chi connectivity index (χ2v) is 15.8. The molecule has 0 saturated carbocycles. The summed E-state index contributed by atoms with van der Waals surface area (Å²) in [6.45, 7) is 14.4. The zero-order valence-electron chi connectivity index (χ0n) is 24.6. The smallest absolute Gasteiger partial charge is 0.118 e. The van der Waals surface area contributed by atoms with Crippen molar-refractivity contribution >= 4 is 15.9 Å². The van der Waals surface area contributed by atoms with E-state index in [0.717, 1.165) is 64.2 Å². The van der Waals surface area contributed by atoms with E-state index in [-0.39, 0.29) is 48.3 Å². The summed E-state index contributed by atoms with van der Waals surface area (Å²) in [6, 6.07) is 0. The van der Waals surface area contributed by atoms with Gasteiger partial charge < -0.3 is 33.9 Å². The molecule has 0 bridgehead atoms. The van der Waals surface area contributed by atoms with Crippen molar-refractivity contribution in [3.8, 4) is 0 Å². The molecule has 0 aromatic carbocycles. The lowest BCUT2D eigenvalue weighted by molar-refractivity contribution is -0.309. The van der Waals surface area contributed by atoms with Gasteiger partial charge in [0.25, 0.3) is 0 Å². The Morgan fingerprint density at radius 2 is 1.29 bits per heavy atom. The Kier molecular flexibility index (Phi) is 7.73. The number of hydrogen-bond acceptors (Lipinski definition) is 7. The van der Waals surface area contributed by atoms with E-state index in [1.54, 1.807) is 13.8 Å². The molecule has 7 nitrogen and oxygen atoms in total. The van der Waals surface area contributed by atoms with E-state index in [1.165, 1.54) is 0 Å². The van der Waals surface area contributed by atoms with E-state index in [9.17, 15) is 10.2 Å². The maximum atomic E-state index is 10.7. The second kappa shape index (κ2) is 9.89. The molecule has 0 aromatic heterocycles. The first-order chi connectivity index (χ1) is 17.5. The Labute approximate surface area is 237 Å². The van der Waals surface area contributed by atoms with Crippen LogP contribution in [0.5, 0.6) is 0 Å². The first kappa shape index (κ1) is 29.7. The Morgan fingerprint density at radius 1 is 0.711 bits per heavy atom. The number of ether oxygens (including phenoxy) is 5. The minimum atomic E-state index is -0.884. The molecule has 220 valence electrons. The molecule has 0 aromatic rings. The lowest BCUT2D eigenvalue weighted by Gasteiger charge is -2.56. The van der Waals surface area contributed by atoms with Crippen molar-refractivity contribution in [2.45, 2.75) is 182 Å². The average Bonchev–Trinajstić information content (AvgIpc) is 3.46. The first-order valence-corrected chi connectivity index (χ1v) is 15.8. The van der Waals surface area contributed by atoms with Crippen LogP contribution >= 0.6 is 15.9 Å². The number of rotatable bonds is 5. The number of aliphatic hydroxyl groups excluding tert-OH is 1. The maximum Gasteiger partial charge on any atom is 0.118 e. The molecule has 5 fully saturated rings. The Hall–Kier alpha value is 0.200. The highest BCUT2D eigenvalue weighted by Gasteiger charge is 2.60. The molecule has 5 aliphatic heterocycles. The van der Waals surface area contributed by atoms with Gasteiger partial charge in [-0.2, -0.15) is 0 Å². The summed E-state index contributed by atoms with van der Waals surface area (Å²) >= 11 is 3.80. The third-order valence-corrected chi connectivity index (χ3v) is 12.2. The molecule has 10 atom stereocenters. The minimum absolute atomic E-state index is 0.00102. The van der Waals surface area contributed by atoms with Crippen LogP contribution in [0, 0.1) is 0 Å². The van der Waals surface area contributed by atoms with E-state index in [2.05, 4.69) is 50.5 Å². The number of hydrogen-bond donors (Lipinski definition) is 2. The van der Waals surface area contributed by atoms with Gasteiger partial charge >= 0.3 is 0 Å². The third kappa shape index (κ3) is 5.16. The number of halogens is 1. The minimum Gasteiger partial charge on any atom is -0.393 e. The van der Waals surface area contributed by atoms with Crippen molar-refractivity contribution in [1.82, 2.24) is 0 Å². The Balaban J connectivity index is 1.24. The maximum absolute atomic E-state index is 10.7. The van der Waals surface area contributed by atoms with Gasteiger partial charge in [0.05, 0.1) is 65.1 Å².